The summed E-state index contributed by atoms with van der Waals surface area (Å²) in [5.41, 5.74) is 1.82. The molecule has 0 aliphatic carbocycles. The van der Waals surface area contributed by atoms with E-state index in [9.17, 15) is 0 Å². The first-order valence-electron chi connectivity index (χ1n) is 5.19. The second kappa shape index (κ2) is 5.43. The largest absolute Gasteiger partial charge is 0.497 e. The molecule has 0 N–H and O–H groups in total. The van der Waals surface area contributed by atoms with Crippen LogP contribution in [0.5, 0.6) is 5.75 Å². The molecule has 84 valence electrons. The van der Waals surface area contributed by atoms with Gasteiger partial charge in [-0.15, -0.1) is 0 Å². The zero-order valence-electron chi connectivity index (χ0n) is 9.41. The van der Waals surface area contributed by atoms with E-state index in [-0.39, 0.29) is 0 Å². The van der Waals surface area contributed by atoms with Gasteiger partial charge in [-0.25, -0.2) is 0 Å². The van der Waals surface area contributed by atoms with Gasteiger partial charge in [-0.2, -0.15) is 0 Å². The molecule has 0 unspecified atom stereocenters. The van der Waals surface area contributed by atoms with Crippen molar-refractivity contribution in [2.24, 2.45) is 0 Å². The summed E-state index contributed by atoms with van der Waals surface area (Å²) in [5.74, 6) is 6.95. The highest BCUT2D eigenvalue weighted by molar-refractivity contribution is 6.30. The number of halogens is 1. The van der Waals surface area contributed by atoms with Gasteiger partial charge in [-0.1, -0.05) is 35.6 Å². The Balaban J connectivity index is 2.26. The molecule has 0 saturated heterocycles. The molecule has 2 aromatic rings. The molecule has 2 aromatic carbocycles. The smallest absolute Gasteiger partial charge is 0.120 e. The van der Waals surface area contributed by atoms with Gasteiger partial charge in [0.2, 0.25) is 0 Å². The van der Waals surface area contributed by atoms with Crippen LogP contribution >= 0.6 is 11.6 Å². The monoisotopic (exact) mass is 242 g/mol. The molecule has 0 fully saturated rings. The van der Waals surface area contributed by atoms with Crippen LogP contribution in [0.25, 0.3) is 0 Å². The molecule has 0 aliphatic rings. The fourth-order valence-electron chi connectivity index (χ4n) is 1.41. The highest BCUT2D eigenvalue weighted by Gasteiger charge is 1.92. The third-order valence-corrected chi connectivity index (χ3v) is 2.48. The van der Waals surface area contributed by atoms with E-state index in [1.165, 1.54) is 0 Å². The molecule has 0 radical (unpaired) electrons. The molecule has 0 aliphatic heterocycles. The maximum Gasteiger partial charge on any atom is 0.120 e. The lowest BCUT2D eigenvalue weighted by Gasteiger charge is -1.98. The number of ether oxygens (including phenoxy) is 1. The van der Waals surface area contributed by atoms with Crippen LogP contribution in [-0.4, -0.2) is 7.11 Å². The lowest BCUT2D eigenvalue weighted by Crippen LogP contribution is -1.83. The van der Waals surface area contributed by atoms with E-state index in [0.29, 0.717) is 5.02 Å². The molecule has 0 atom stereocenters. The molecule has 0 aromatic heterocycles. The van der Waals surface area contributed by atoms with Crippen molar-refractivity contribution in [3.05, 3.63) is 64.7 Å². The van der Waals surface area contributed by atoms with Crippen molar-refractivity contribution in [3.8, 4) is 17.6 Å². The van der Waals surface area contributed by atoms with E-state index in [2.05, 4.69) is 11.8 Å². The van der Waals surface area contributed by atoms with Crippen molar-refractivity contribution in [1.29, 1.82) is 0 Å². The minimum absolute atomic E-state index is 0.697. The fraction of sp³-hybridized carbons (Fsp3) is 0.0667. The molecule has 2 heteroatoms. The molecule has 0 bridgehead atoms. The first-order chi connectivity index (χ1) is 8.28. The van der Waals surface area contributed by atoms with Crippen LogP contribution in [0.3, 0.4) is 0 Å². The first-order valence-corrected chi connectivity index (χ1v) is 5.57. The molecule has 0 heterocycles. The summed E-state index contributed by atoms with van der Waals surface area (Å²) in [4.78, 5) is 0. The third kappa shape index (κ3) is 3.27. The Hall–Kier alpha value is -1.91. The summed E-state index contributed by atoms with van der Waals surface area (Å²) >= 11 is 5.89. The van der Waals surface area contributed by atoms with Crippen molar-refractivity contribution < 1.29 is 4.74 Å². The molecule has 1 nitrogen and oxygen atoms in total. The average molecular weight is 243 g/mol. The number of hydrogen-bond acceptors (Lipinski definition) is 1. The summed E-state index contributed by atoms with van der Waals surface area (Å²) in [5, 5.41) is 0.697. The molecule has 0 amide bonds. The van der Waals surface area contributed by atoms with E-state index in [0.717, 1.165) is 16.9 Å². The lowest BCUT2D eigenvalue weighted by atomic mass is 10.2. The highest BCUT2D eigenvalue weighted by atomic mass is 35.5. The maximum absolute atomic E-state index is 5.89. The van der Waals surface area contributed by atoms with Crippen molar-refractivity contribution in [1.82, 2.24) is 0 Å². The van der Waals surface area contributed by atoms with Crippen LogP contribution in [0.2, 0.25) is 5.02 Å². The minimum Gasteiger partial charge on any atom is -0.497 e. The molecular formula is C15H11ClO. The third-order valence-electron chi connectivity index (χ3n) is 2.25. The van der Waals surface area contributed by atoms with E-state index in [1.807, 2.05) is 48.5 Å². The van der Waals surface area contributed by atoms with Crippen LogP contribution in [0, 0.1) is 11.8 Å². The summed E-state index contributed by atoms with van der Waals surface area (Å²) in [6.07, 6.45) is 0. The lowest BCUT2D eigenvalue weighted by molar-refractivity contribution is 0.414. The SMILES string of the molecule is COc1cccc(C#Cc2cccc(Cl)c2)c1. The first kappa shape index (κ1) is 11.6. The van der Waals surface area contributed by atoms with E-state index < -0.39 is 0 Å². The van der Waals surface area contributed by atoms with E-state index in [1.54, 1.807) is 7.11 Å². The minimum atomic E-state index is 0.697. The molecule has 17 heavy (non-hydrogen) atoms. The Morgan fingerprint density at radius 1 is 0.941 bits per heavy atom. The highest BCUT2D eigenvalue weighted by Crippen LogP contribution is 2.12. The maximum atomic E-state index is 5.89. The quantitative estimate of drug-likeness (QED) is 0.692. The Kier molecular flexibility index (Phi) is 3.69. The zero-order valence-corrected chi connectivity index (χ0v) is 10.2. The predicted octanol–water partition coefficient (Wildman–Crippen LogP) is 3.75. The second-order valence-corrected chi connectivity index (χ2v) is 3.93. The van der Waals surface area contributed by atoms with Gasteiger partial charge in [0.15, 0.2) is 0 Å². The van der Waals surface area contributed by atoms with Crippen molar-refractivity contribution >= 4 is 11.6 Å². The van der Waals surface area contributed by atoms with Crippen LogP contribution in [0.1, 0.15) is 11.1 Å². The van der Waals surface area contributed by atoms with Crippen molar-refractivity contribution in [2.45, 2.75) is 0 Å². The number of methoxy groups -OCH3 is 1. The van der Waals surface area contributed by atoms with Crippen molar-refractivity contribution in [2.75, 3.05) is 7.11 Å². The molecule has 0 saturated carbocycles. The van der Waals surface area contributed by atoms with Gasteiger partial charge in [0.1, 0.15) is 5.75 Å². The summed E-state index contributed by atoms with van der Waals surface area (Å²) in [7, 11) is 1.64. The van der Waals surface area contributed by atoms with Crippen LogP contribution < -0.4 is 4.74 Å². The van der Waals surface area contributed by atoms with Crippen LogP contribution in [0.4, 0.5) is 0 Å². The fourth-order valence-corrected chi connectivity index (χ4v) is 1.60. The standard InChI is InChI=1S/C15H11ClO/c1-17-15-7-3-5-13(11-15)9-8-12-4-2-6-14(16)10-12/h2-7,10-11H,1H3. The van der Waals surface area contributed by atoms with Gasteiger partial charge >= 0.3 is 0 Å². The molecule has 0 spiro atoms. The normalized spacial score (nSPS) is 9.29. The topological polar surface area (TPSA) is 9.23 Å². The molecular weight excluding hydrogens is 232 g/mol. The Morgan fingerprint density at radius 3 is 2.24 bits per heavy atom. The summed E-state index contributed by atoms with van der Waals surface area (Å²) in [6.45, 7) is 0. The van der Waals surface area contributed by atoms with E-state index in [4.69, 9.17) is 16.3 Å². The summed E-state index contributed by atoms with van der Waals surface area (Å²) < 4.78 is 5.14. The zero-order chi connectivity index (χ0) is 12.1. The van der Waals surface area contributed by atoms with Gasteiger partial charge in [0, 0.05) is 16.1 Å². The van der Waals surface area contributed by atoms with Gasteiger partial charge in [-0.05, 0) is 36.4 Å². The number of benzene rings is 2. The average Bonchev–Trinajstić information content (AvgIpc) is 2.37. The van der Waals surface area contributed by atoms with Crippen LogP contribution in [-0.2, 0) is 0 Å². The van der Waals surface area contributed by atoms with E-state index >= 15 is 0 Å². The number of hydrogen-bond donors (Lipinski definition) is 0. The number of rotatable bonds is 1. The predicted molar refractivity (Wildman–Crippen MR) is 70.4 cm³/mol. The molecule has 2 rings (SSSR count). The van der Waals surface area contributed by atoms with Gasteiger partial charge in [0.25, 0.3) is 0 Å². The van der Waals surface area contributed by atoms with Gasteiger partial charge in [0.05, 0.1) is 7.11 Å². The Labute approximate surface area is 106 Å². The van der Waals surface area contributed by atoms with Gasteiger partial charge < -0.3 is 4.74 Å². The van der Waals surface area contributed by atoms with Crippen molar-refractivity contribution in [3.63, 3.8) is 0 Å². The van der Waals surface area contributed by atoms with Crippen LogP contribution in [0.15, 0.2) is 48.5 Å². The Morgan fingerprint density at radius 2 is 1.59 bits per heavy atom. The Bertz CT molecular complexity index is 579. The van der Waals surface area contributed by atoms with Gasteiger partial charge in [-0.3, -0.25) is 0 Å². The summed E-state index contributed by atoms with van der Waals surface area (Å²) in [6, 6.07) is 15.1. The second-order valence-electron chi connectivity index (χ2n) is 3.49.